The Balaban J connectivity index is 1.55. The van der Waals surface area contributed by atoms with Crippen molar-refractivity contribution in [1.82, 2.24) is 4.90 Å². The largest absolute Gasteiger partial charge is 0.494 e. The predicted octanol–water partition coefficient (Wildman–Crippen LogP) is 5.70. The molecule has 0 radical (unpaired) electrons. The van der Waals surface area contributed by atoms with Gasteiger partial charge in [-0.2, -0.15) is 0 Å². The van der Waals surface area contributed by atoms with Gasteiger partial charge in [0.2, 0.25) is 5.76 Å². The third-order valence-corrected chi connectivity index (χ3v) is 5.99. The van der Waals surface area contributed by atoms with Crippen LogP contribution >= 0.6 is 0 Å². The minimum atomic E-state index is -0.576. The first-order valence-corrected chi connectivity index (χ1v) is 11.3. The molecular weight excluding hydrogens is 418 g/mol. The van der Waals surface area contributed by atoms with E-state index in [-0.39, 0.29) is 23.6 Å². The third-order valence-electron chi connectivity index (χ3n) is 5.99. The van der Waals surface area contributed by atoms with Crippen molar-refractivity contribution < 1.29 is 18.4 Å². The monoisotopic (exact) mass is 443 g/mol. The molecule has 6 nitrogen and oxygen atoms in total. The average Bonchev–Trinajstić information content (AvgIpc) is 3.45. The van der Waals surface area contributed by atoms with Gasteiger partial charge in [0.1, 0.15) is 17.1 Å². The van der Waals surface area contributed by atoms with Crippen LogP contribution in [0.4, 0.5) is 0 Å². The number of ether oxygens (including phenoxy) is 1. The topological polar surface area (TPSA) is 72.9 Å². The first-order valence-electron chi connectivity index (χ1n) is 11.3. The molecule has 0 saturated heterocycles. The summed E-state index contributed by atoms with van der Waals surface area (Å²) in [5, 5.41) is 0.463. The Morgan fingerprint density at radius 1 is 0.970 bits per heavy atom. The lowest BCUT2D eigenvalue weighted by molar-refractivity contribution is 0.0701. The number of rotatable bonds is 8. The number of hydrogen-bond donors (Lipinski definition) is 0. The van der Waals surface area contributed by atoms with Crippen molar-refractivity contribution >= 4 is 16.9 Å². The fourth-order valence-corrected chi connectivity index (χ4v) is 4.34. The normalized spacial score (nSPS) is 15.2. The van der Waals surface area contributed by atoms with E-state index < -0.39 is 6.04 Å². The zero-order chi connectivity index (χ0) is 22.8. The average molecular weight is 443 g/mol. The van der Waals surface area contributed by atoms with Crippen molar-refractivity contribution in [3.05, 3.63) is 99.8 Å². The van der Waals surface area contributed by atoms with Crippen LogP contribution in [-0.4, -0.2) is 17.4 Å². The first-order chi connectivity index (χ1) is 16.2. The van der Waals surface area contributed by atoms with Crippen molar-refractivity contribution in [3.8, 4) is 5.75 Å². The zero-order valence-corrected chi connectivity index (χ0v) is 18.5. The Labute approximate surface area is 191 Å². The van der Waals surface area contributed by atoms with Crippen molar-refractivity contribution in [2.24, 2.45) is 0 Å². The van der Waals surface area contributed by atoms with Crippen LogP contribution in [-0.2, 0) is 6.54 Å². The third kappa shape index (κ3) is 3.93. The summed E-state index contributed by atoms with van der Waals surface area (Å²) in [6.45, 7) is 3.05. The lowest BCUT2D eigenvalue weighted by atomic mass is 9.98. The van der Waals surface area contributed by atoms with Crippen LogP contribution in [0.3, 0.4) is 0 Å². The SMILES string of the molecule is CCCCCOc1ccc(C2c3c(oc4ccccc4c3=O)C(=O)N2Cc2ccco2)cc1. The highest BCUT2D eigenvalue weighted by Crippen LogP contribution is 2.39. The smallest absolute Gasteiger partial charge is 0.291 e. The second-order valence-electron chi connectivity index (χ2n) is 8.21. The lowest BCUT2D eigenvalue weighted by Gasteiger charge is -2.24. The number of benzene rings is 2. The molecule has 1 aliphatic heterocycles. The summed E-state index contributed by atoms with van der Waals surface area (Å²) >= 11 is 0. The highest BCUT2D eigenvalue weighted by Gasteiger charge is 2.43. The molecule has 3 heterocycles. The van der Waals surface area contributed by atoms with Gasteiger partial charge in [-0.05, 0) is 48.4 Å². The van der Waals surface area contributed by atoms with Crippen molar-refractivity contribution in [2.45, 2.75) is 38.8 Å². The Bertz CT molecular complexity index is 1320. The molecular formula is C27H25NO5. The second kappa shape index (κ2) is 8.98. The van der Waals surface area contributed by atoms with E-state index in [0.29, 0.717) is 28.9 Å². The molecule has 1 atom stereocenters. The molecule has 4 aromatic rings. The van der Waals surface area contributed by atoms with Crippen LogP contribution in [0.25, 0.3) is 11.0 Å². The van der Waals surface area contributed by atoms with E-state index in [1.807, 2.05) is 30.3 Å². The molecule has 5 rings (SSSR count). The van der Waals surface area contributed by atoms with E-state index in [2.05, 4.69) is 6.92 Å². The van der Waals surface area contributed by atoms with E-state index in [1.165, 1.54) is 0 Å². The Kier molecular flexibility index (Phi) is 5.73. The fraction of sp³-hybridized carbons (Fsp3) is 0.259. The molecule has 2 aromatic heterocycles. The Hall–Kier alpha value is -3.80. The summed E-state index contributed by atoms with van der Waals surface area (Å²) in [7, 11) is 0. The molecule has 0 fully saturated rings. The van der Waals surface area contributed by atoms with Gasteiger partial charge in [-0.1, -0.05) is 44.0 Å². The summed E-state index contributed by atoms with van der Waals surface area (Å²) in [5.41, 5.74) is 1.40. The van der Waals surface area contributed by atoms with Crippen molar-refractivity contribution in [2.75, 3.05) is 6.61 Å². The number of amides is 1. The molecule has 33 heavy (non-hydrogen) atoms. The van der Waals surface area contributed by atoms with Crippen LogP contribution in [0, 0.1) is 0 Å². The maximum absolute atomic E-state index is 13.5. The highest BCUT2D eigenvalue weighted by atomic mass is 16.5. The summed E-state index contributed by atoms with van der Waals surface area (Å²) in [5.74, 6) is 1.17. The molecule has 0 bridgehead atoms. The standard InChI is InChI=1S/C27H25NO5/c1-2-3-6-15-31-19-13-11-18(12-14-19)24-23-25(29)21-9-4-5-10-22(21)33-26(23)27(30)28(24)17-20-8-7-16-32-20/h4-5,7-14,16,24H,2-3,6,15,17H2,1H3. The lowest BCUT2D eigenvalue weighted by Crippen LogP contribution is -2.29. The van der Waals surface area contributed by atoms with Gasteiger partial charge < -0.3 is 18.5 Å². The van der Waals surface area contributed by atoms with Crippen LogP contribution in [0.1, 0.15) is 59.7 Å². The van der Waals surface area contributed by atoms with E-state index >= 15 is 0 Å². The van der Waals surface area contributed by atoms with Crippen molar-refractivity contribution in [1.29, 1.82) is 0 Å². The van der Waals surface area contributed by atoms with Crippen LogP contribution < -0.4 is 10.2 Å². The number of para-hydroxylation sites is 1. The summed E-state index contributed by atoms with van der Waals surface area (Å²) in [6, 6.07) is 17.6. The maximum Gasteiger partial charge on any atom is 0.291 e. The Morgan fingerprint density at radius 3 is 2.55 bits per heavy atom. The van der Waals surface area contributed by atoms with Gasteiger partial charge in [-0.25, -0.2) is 0 Å². The van der Waals surface area contributed by atoms with E-state index in [9.17, 15) is 9.59 Å². The van der Waals surface area contributed by atoms with Crippen LogP contribution in [0.15, 0.2) is 80.6 Å². The van der Waals surface area contributed by atoms with Gasteiger partial charge in [0.05, 0.1) is 36.4 Å². The number of hydrogen-bond acceptors (Lipinski definition) is 5. The summed E-state index contributed by atoms with van der Waals surface area (Å²) in [6.07, 6.45) is 4.85. The highest BCUT2D eigenvalue weighted by molar-refractivity contribution is 5.99. The molecule has 0 saturated carbocycles. The van der Waals surface area contributed by atoms with Gasteiger partial charge in [-0.15, -0.1) is 0 Å². The van der Waals surface area contributed by atoms with Gasteiger partial charge in [0.15, 0.2) is 5.43 Å². The number of carbonyl (C=O) groups excluding carboxylic acids is 1. The number of carbonyl (C=O) groups is 1. The van der Waals surface area contributed by atoms with Gasteiger partial charge in [-0.3, -0.25) is 9.59 Å². The number of unbranched alkanes of at least 4 members (excludes halogenated alkanes) is 2. The molecule has 1 amide bonds. The summed E-state index contributed by atoms with van der Waals surface area (Å²) < 4.78 is 17.3. The van der Waals surface area contributed by atoms with Gasteiger partial charge >= 0.3 is 0 Å². The molecule has 6 heteroatoms. The quantitative estimate of drug-likeness (QED) is 0.327. The molecule has 0 spiro atoms. The fourth-order valence-electron chi connectivity index (χ4n) is 4.34. The Morgan fingerprint density at radius 2 is 1.79 bits per heavy atom. The zero-order valence-electron chi connectivity index (χ0n) is 18.5. The summed E-state index contributed by atoms with van der Waals surface area (Å²) in [4.78, 5) is 28.5. The minimum absolute atomic E-state index is 0.0927. The molecule has 1 aliphatic rings. The molecule has 2 aromatic carbocycles. The first kappa shape index (κ1) is 21.1. The van der Waals surface area contributed by atoms with Gasteiger partial charge in [0.25, 0.3) is 5.91 Å². The van der Waals surface area contributed by atoms with E-state index in [4.69, 9.17) is 13.6 Å². The predicted molar refractivity (Wildman–Crippen MR) is 124 cm³/mol. The van der Waals surface area contributed by atoms with Gasteiger partial charge in [0, 0.05) is 0 Å². The van der Waals surface area contributed by atoms with E-state index in [1.54, 1.807) is 41.5 Å². The van der Waals surface area contributed by atoms with Crippen LogP contribution in [0.2, 0.25) is 0 Å². The number of fused-ring (bicyclic) bond motifs is 2. The van der Waals surface area contributed by atoms with E-state index in [0.717, 1.165) is 30.6 Å². The maximum atomic E-state index is 13.5. The molecule has 1 unspecified atom stereocenters. The van der Waals surface area contributed by atoms with Crippen LogP contribution in [0.5, 0.6) is 5.75 Å². The molecule has 0 aliphatic carbocycles. The number of nitrogens with zero attached hydrogens (tertiary/aromatic N) is 1. The van der Waals surface area contributed by atoms with Crippen molar-refractivity contribution in [3.63, 3.8) is 0 Å². The minimum Gasteiger partial charge on any atom is -0.494 e. The number of furan rings is 1. The molecule has 0 N–H and O–H groups in total. The molecule has 168 valence electrons. The second-order valence-corrected chi connectivity index (χ2v) is 8.21.